The zero-order valence-corrected chi connectivity index (χ0v) is 35.1. The van der Waals surface area contributed by atoms with Gasteiger partial charge in [-0.3, -0.25) is 0 Å². The number of hydrogen-bond acceptors (Lipinski definition) is 1. The van der Waals surface area contributed by atoms with Gasteiger partial charge in [-0.25, -0.2) is 0 Å². The van der Waals surface area contributed by atoms with Crippen LogP contribution in [0.25, 0.3) is 49.7 Å². The van der Waals surface area contributed by atoms with E-state index in [1.54, 1.807) is 0 Å². The van der Waals surface area contributed by atoms with Crippen molar-refractivity contribution in [3.63, 3.8) is 0 Å². The van der Waals surface area contributed by atoms with Gasteiger partial charge in [-0.15, -0.1) is 0 Å². The molecule has 0 aliphatic heterocycles. The predicted octanol–water partition coefficient (Wildman–Crippen LogP) is 15.8. The Hall–Kier alpha value is -8.20. The van der Waals surface area contributed by atoms with Gasteiger partial charge in [-0.1, -0.05) is 194 Å². The molecular formula is C62H42N2. The van der Waals surface area contributed by atoms with Crippen LogP contribution in [0.4, 0.5) is 17.1 Å². The molecule has 0 spiro atoms. The highest BCUT2D eigenvalue weighted by Crippen LogP contribution is 2.57. The smallest absolute Gasteiger partial charge is 0.0714 e. The van der Waals surface area contributed by atoms with Crippen LogP contribution in [0.2, 0.25) is 0 Å². The Labute approximate surface area is 373 Å². The number of fused-ring (bicyclic) bond motifs is 9. The lowest BCUT2D eigenvalue weighted by atomic mass is 9.67. The lowest BCUT2D eigenvalue weighted by molar-refractivity contribution is 0.768. The first-order chi connectivity index (χ1) is 31.8. The first-order valence-corrected chi connectivity index (χ1v) is 22.3. The topological polar surface area (TPSA) is 8.17 Å². The molecule has 0 unspecified atom stereocenters. The highest BCUT2D eigenvalue weighted by molar-refractivity contribution is 6.10. The molecular weight excluding hydrogens is 773 g/mol. The summed E-state index contributed by atoms with van der Waals surface area (Å²) in [6.07, 6.45) is 0. The van der Waals surface area contributed by atoms with Crippen molar-refractivity contribution in [2.24, 2.45) is 0 Å². The van der Waals surface area contributed by atoms with Gasteiger partial charge in [0.15, 0.2) is 0 Å². The molecule has 2 nitrogen and oxygen atoms in total. The van der Waals surface area contributed by atoms with Gasteiger partial charge >= 0.3 is 0 Å². The summed E-state index contributed by atoms with van der Waals surface area (Å²) < 4.78 is 2.42. The summed E-state index contributed by atoms with van der Waals surface area (Å²) in [7, 11) is 0. The second-order valence-electron chi connectivity index (χ2n) is 17.2. The SMILES string of the molecule is c1ccc(-n2c3ccccc3c3ccc(N(c4ccc(C5c6ccccc6-c6ccccc65)cc4)c4ccc5c(c4)C(c4ccccc4)(c4ccccc4)c4ccccc4-5)cc32)cc1. The molecule has 10 aromatic carbocycles. The standard InChI is InChI=1S/C62H42N2/c1-4-18-43(19-5-1)62(44-20-6-2-7-21-44)57-30-16-14-26-51(57)52-38-36-47(40-58(52)62)63(46-34-32-42(33-35-46)61-55-28-12-10-24-49(55)50-25-11-13-29-56(50)61)48-37-39-54-53-27-15-17-31-59(53)64(60(54)41-48)45-22-8-3-9-23-45/h1-41,61H. The summed E-state index contributed by atoms with van der Waals surface area (Å²) >= 11 is 0. The van der Waals surface area contributed by atoms with Crippen molar-refractivity contribution in [2.45, 2.75) is 11.3 Å². The van der Waals surface area contributed by atoms with E-state index < -0.39 is 5.41 Å². The minimum absolute atomic E-state index is 0.170. The fraction of sp³-hybridized carbons (Fsp3) is 0.0323. The van der Waals surface area contributed by atoms with Crippen molar-refractivity contribution in [3.8, 4) is 27.9 Å². The van der Waals surface area contributed by atoms with E-state index in [1.807, 2.05) is 0 Å². The number of hydrogen-bond donors (Lipinski definition) is 0. The number of aromatic nitrogens is 1. The van der Waals surface area contributed by atoms with Gasteiger partial charge in [-0.05, 0) is 116 Å². The van der Waals surface area contributed by atoms with E-state index in [2.05, 4.69) is 258 Å². The molecule has 0 amide bonds. The molecule has 64 heavy (non-hydrogen) atoms. The number of rotatable bonds is 7. The van der Waals surface area contributed by atoms with Gasteiger partial charge in [0.1, 0.15) is 0 Å². The van der Waals surface area contributed by atoms with Crippen molar-refractivity contribution in [2.75, 3.05) is 4.90 Å². The fourth-order valence-corrected chi connectivity index (χ4v) is 11.3. The minimum Gasteiger partial charge on any atom is -0.310 e. The maximum Gasteiger partial charge on any atom is 0.0714 e. The molecule has 13 rings (SSSR count). The largest absolute Gasteiger partial charge is 0.310 e. The average molecular weight is 815 g/mol. The number of benzene rings is 10. The molecule has 1 aromatic heterocycles. The monoisotopic (exact) mass is 814 g/mol. The van der Waals surface area contributed by atoms with Gasteiger partial charge in [0, 0.05) is 39.4 Å². The van der Waals surface area contributed by atoms with Gasteiger partial charge in [0.25, 0.3) is 0 Å². The Morgan fingerprint density at radius 3 is 1.53 bits per heavy atom. The molecule has 300 valence electrons. The van der Waals surface area contributed by atoms with Crippen molar-refractivity contribution in [1.29, 1.82) is 0 Å². The van der Waals surface area contributed by atoms with E-state index in [0.717, 1.165) is 22.7 Å². The van der Waals surface area contributed by atoms with E-state index in [9.17, 15) is 0 Å². The Kier molecular flexibility index (Phi) is 8.23. The van der Waals surface area contributed by atoms with Gasteiger partial charge in [0.05, 0.1) is 16.4 Å². The van der Waals surface area contributed by atoms with Crippen molar-refractivity contribution in [1.82, 2.24) is 4.57 Å². The lowest BCUT2D eigenvalue weighted by Gasteiger charge is -2.35. The van der Waals surface area contributed by atoms with Crippen LogP contribution in [0.3, 0.4) is 0 Å². The third kappa shape index (κ3) is 5.33. The van der Waals surface area contributed by atoms with Crippen molar-refractivity contribution < 1.29 is 0 Å². The Morgan fingerprint density at radius 1 is 0.344 bits per heavy atom. The minimum atomic E-state index is -0.521. The third-order valence-corrected chi connectivity index (χ3v) is 13.9. The van der Waals surface area contributed by atoms with E-state index in [1.165, 1.54) is 83.0 Å². The Bertz CT molecular complexity index is 3460. The van der Waals surface area contributed by atoms with Crippen LogP contribution < -0.4 is 4.90 Å². The van der Waals surface area contributed by atoms with Crippen molar-refractivity contribution >= 4 is 38.9 Å². The summed E-state index contributed by atoms with van der Waals surface area (Å²) in [4.78, 5) is 2.47. The van der Waals surface area contributed by atoms with Crippen molar-refractivity contribution in [3.05, 3.63) is 288 Å². The summed E-state index contributed by atoms with van der Waals surface area (Å²) in [5, 5.41) is 2.47. The van der Waals surface area contributed by atoms with E-state index in [-0.39, 0.29) is 5.92 Å². The van der Waals surface area contributed by atoms with Gasteiger partial charge in [-0.2, -0.15) is 0 Å². The molecule has 1 heterocycles. The van der Waals surface area contributed by atoms with Crippen LogP contribution >= 0.6 is 0 Å². The molecule has 0 radical (unpaired) electrons. The average Bonchev–Trinajstić information content (AvgIpc) is 3.99. The maximum absolute atomic E-state index is 2.48. The third-order valence-electron chi connectivity index (χ3n) is 13.9. The summed E-state index contributed by atoms with van der Waals surface area (Å²) in [6.45, 7) is 0. The van der Waals surface area contributed by atoms with E-state index >= 15 is 0 Å². The normalized spacial score (nSPS) is 13.4. The Morgan fingerprint density at radius 2 is 0.844 bits per heavy atom. The summed E-state index contributed by atoms with van der Waals surface area (Å²) in [5.74, 6) is 0.170. The zero-order valence-electron chi connectivity index (χ0n) is 35.1. The second-order valence-corrected chi connectivity index (χ2v) is 17.2. The summed E-state index contributed by atoms with van der Waals surface area (Å²) in [6, 6.07) is 92.1. The molecule has 0 fully saturated rings. The zero-order chi connectivity index (χ0) is 42.2. The van der Waals surface area contributed by atoms with E-state index in [4.69, 9.17) is 0 Å². The first kappa shape index (κ1) is 36.5. The summed E-state index contributed by atoms with van der Waals surface area (Å²) in [5.41, 5.74) is 20.6. The van der Waals surface area contributed by atoms with Crippen LogP contribution in [-0.4, -0.2) is 4.57 Å². The molecule has 0 atom stereocenters. The van der Waals surface area contributed by atoms with Gasteiger partial charge < -0.3 is 9.47 Å². The molecule has 2 heteroatoms. The lowest BCUT2D eigenvalue weighted by Crippen LogP contribution is -2.28. The quantitative estimate of drug-likeness (QED) is 0.156. The Balaban J connectivity index is 1.05. The molecule has 0 bridgehead atoms. The number of anilines is 3. The highest BCUT2D eigenvalue weighted by Gasteiger charge is 2.46. The molecule has 0 saturated heterocycles. The van der Waals surface area contributed by atoms with Crippen LogP contribution in [0, 0.1) is 0 Å². The fourth-order valence-electron chi connectivity index (χ4n) is 11.3. The second kappa shape index (κ2) is 14.4. The van der Waals surface area contributed by atoms with Crippen LogP contribution in [-0.2, 0) is 5.41 Å². The van der Waals surface area contributed by atoms with E-state index in [0.29, 0.717) is 0 Å². The predicted molar refractivity (Wildman–Crippen MR) is 266 cm³/mol. The van der Waals surface area contributed by atoms with Gasteiger partial charge in [0.2, 0.25) is 0 Å². The first-order valence-electron chi connectivity index (χ1n) is 22.3. The molecule has 0 N–H and O–H groups in total. The van der Waals surface area contributed by atoms with Crippen LogP contribution in [0.5, 0.6) is 0 Å². The molecule has 2 aliphatic rings. The van der Waals surface area contributed by atoms with Crippen LogP contribution in [0.15, 0.2) is 249 Å². The maximum atomic E-state index is 2.48. The van der Waals surface area contributed by atoms with Crippen LogP contribution in [0.1, 0.15) is 44.9 Å². The number of nitrogens with zero attached hydrogens (tertiary/aromatic N) is 2. The molecule has 2 aliphatic carbocycles. The number of para-hydroxylation sites is 2. The molecule has 0 saturated carbocycles. The highest BCUT2D eigenvalue weighted by atomic mass is 15.1. The molecule has 11 aromatic rings.